The third-order valence-electron chi connectivity index (χ3n) is 6.57. The van der Waals surface area contributed by atoms with Gasteiger partial charge in [0.05, 0.1) is 17.9 Å². The minimum atomic E-state index is -0.199. The first kappa shape index (κ1) is 24.1. The second-order valence-corrected chi connectivity index (χ2v) is 9.64. The highest BCUT2D eigenvalue weighted by atomic mass is 35.5. The summed E-state index contributed by atoms with van der Waals surface area (Å²) < 4.78 is 14.2. The van der Waals surface area contributed by atoms with Crippen LogP contribution in [0.4, 0.5) is 32.3 Å². The van der Waals surface area contributed by atoms with E-state index in [0.717, 1.165) is 17.1 Å². The van der Waals surface area contributed by atoms with Gasteiger partial charge in [-0.2, -0.15) is 4.98 Å². The second-order valence-electron chi connectivity index (χ2n) is 9.20. The van der Waals surface area contributed by atoms with Crippen LogP contribution in [0.1, 0.15) is 11.3 Å². The molecular formula is C26H29ClFN7O. The Balaban J connectivity index is 1.31. The number of piperazine rings is 1. The minimum absolute atomic E-state index is 0.180. The number of aromatic nitrogens is 2. The summed E-state index contributed by atoms with van der Waals surface area (Å²) in [5.41, 5.74) is 3.22. The molecule has 2 aliphatic heterocycles. The van der Waals surface area contributed by atoms with E-state index in [-0.39, 0.29) is 11.8 Å². The van der Waals surface area contributed by atoms with E-state index in [1.165, 1.54) is 6.07 Å². The quantitative estimate of drug-likeness (QED) is 0.567. The number of anilines is 4. The summed E-state index contributed by atoms with van der Waals surface area (Å²) in [5, 5.41) is 3.50. The largest absolute Gasteiger partial charge is 0.366 e. The van der Waals surface area contributed by atoms with Gasteiger partial charge in [0.2, 0.25) is 5.95 Å². The third-order valence-corrected chi connectivity index (χ3v) is 6.80. The number of amides is 2. The zero-order valence-electron chi connectivity index (χ0n) is 20.4. The number of nitrogens with one attached hydrogen (secondary N) is 1. The van der Waals surface area contributed by atoms with Crippen molar-refractivity contribution in [1.29, 1.82) is 0 Å². The van der Waals surface area contributed by atoms with Gasteiger partial charge in [-0.05, 0) is 30.3 Å². The van der Waals surface area contributed by atoms with Gasteiger partial charge in [-0.25, -0.2) is 14.2 Å². The molecule has 3 aromatic rings. The molecule has 188 valence electrons. The van der Waals surface area contributed by atoms with E-state index >= 15 is 0 Å². The molecule has 0 saturated carbocycles. The lowest BCUT2D eigenvalue weighted by molar-refractivity contribution is 0.206. The number of carbonyl (C=O) groups excluding carboxylic acids is 1. The first-order valence-electron chi connectivity index (χ1n) is 12.0. The normalized spacial score (nSPS) is 15.5. The average Bonchev–Trinajstić information content (AvgIpc) is 2.88. The van der Waals surface area contributed by atoms with Crippen molar-refractivity contribution in [2.75, 3.05) is 66.8 Å². The zero-order valence-corrected chi connectivity index (χ0v) is 21.2. The van der Waals surface area contributed by atoms with Crippen molar-refractivity contribution in [2.24, 2.45) is 0 Å². The Kier molecular flexibility index (Phi) is 6.82. The van der Waals surface area contributed by atoms with Gasteiger partial charge in [-0.1, -0.05) is 29.8 Å². The Morgan fingerprint density at radius 1 is 1.00 bits per heavy atom. The van der Waals surface area contributed by atoms with Gasteiger partial charge in [0.25, 0.3) is 0 Å². The molecule has 1 saturated heterocycles. The Hall–Kier alpha value is -3.59. The number of halogens is 2. The summed E-state index contributed by atoms with van der Waals surface area (Å²) in [6.07, 6.45) is 0.643. The van der Waals surface area contributed by atoms with Crippen LogP contribution in [0.25, 0.3) is 0 Å². The van der Waals surface area contributed by atoms with Gasteiger partial charge >= 0.3 is 6.03 Å². The van der Waals surface area contributed by atoms with Crippen LogP contribution < -0.4 is 20.0 Å². The van der Waals surface area contributed by atoms with Gasteiger partial charge < -0.3 is 24.9 Å². The van der Waals surface area contributed by atoms with Crippen LogP contribution in [-0.2, 0) is 13.0 Å². The summed E-state index contributed by atoms with van der Waals surface area (Å²) >= 11 is 6.05. The van der Waals surface area contributed by atoms with E-state index in [1.807, 2.05) is 37.2 Å². The fourth-order valence-corrected chi connectivity index (χ4v) is 4.88. The highest BCUT2D eigenvalue weighted by molar-refractivity contribution is 6.30. The van der Waals surface area contributed by atoms with E-state index in [4.69, 9.17) is 21.6 Å². The second kappa shape index (κ2) is 10.2. The fraction of sp³-hybridized carbons (Fsp3) is 0.346. The molecule has 36 heavy (non-hydrogen) atoms. The molecule has 0 bridgehead atoms. The lowest BCUT2D eigenvalue weighted by Gasteiger charge is -2.37. The van der Waals surface area contributed by atoms with Crippen molar-refractivity contribution in [3.63, 3.8) is 0 Å². The van der Waals surface area contributed by atoms with Crippen LogP contribution in [0.3, 0.4) is 0 Å². The molecule has 5 rings (SSSR count). The summed E-state index contributed by atoms with van der Waals surface area (Å²) in [6, 6.07) is 13.8. The molecular weight excluding hydrogens is 481 g/mol. The maximum Gasteiger partial charge on any atom is 0.322 e. The maximum absolute atomic E-state index is 14.2. The topological polar surface area (TPSA) is 67.8 Å². The molecule has 1 aromatic heterocycles. The van der Waals surface area contributed by atoms with Crippen LogP contribution in [-0.4, -0.2) is 67.7 Å². The summed E-state index contributed by atoms with van der Waals surface area (Å²) in [6.45, 7) is 3.77. The van der Waals surface area contributed by atoms with Gasteiger partial charge in [0, 0.05) is 69.5 Å². The summed E-state index contributed by atoms with van der Waals surface area (Å²) in [5.74, 6) is 1.30. The van der Waals surface area contributed by atoms with Crippen molar-refractivity contribution in [3.8, 4) is 0 Å². The molecule has 10 heteroatoms. The Labute approximate surface area is 215 Å². The molecule has 2 aromatic carbocycles. The number of benzene rings is 2. The number of carbonyl (C=O) groups is 1. The van der Waals surface area contributed by atoms with Gasteiger partial charge in [-0.15, -0.1) is 0 Å². The highest BCUT2D eigenvalue weighted by Crippen LogP contribution is 2.29. The third kappa shape index (κ3) is 5.02. The monoisotopic (exact) mass is 509 g/mol. The van der Waals surface area contributed by atoms with Crippen molar-refractivity contribution < 1.29 is 9.18 Å². The lowest BCUT2D eigenvalue weighted by Crippen LogP contribution is -2.48. The minimum Gasteiger partial charge on any atom is -0.366 e. The summed E-state index contributed by atoms with van der Waals surface area (Å²) in [4.78, 5) is 30.7. The fourth-order valence-electron chi connectivity index (χ4n) is 4.69. The van der Waals surface area contributed by atoms with Crippen LogP contribution in [0.5, 0.6) is 0 Å². The highest BCUT2D eigenvalue weighted by Gasteiger charge is 2.28. The van der Waals surface area contributed by atoms with E-state index in [1.54, 1.807) is 29.2 Å². The van der Waals surface area contributed by atoms with Crippen LogP contribution in [0, 0.1) is 5.82 Å². The molecule has 0 aliphatic carbocycles. The van der Waals surface area contributed by atoms with Crippen LogP contribution in [0.15, 0.2) is 48.5 Å². The molecule has 8 nitrogen and oxygen atoms in total. The lowest BCUT2D eigenvalue weighted by atomic mass is 10.1. The SMILES string of the molecule is CN(C)c1nc(N2CCN(c3ccccc3F)CC2)nc2c1CN(C(=O)Nc1cccc(Cl)c1)CC2. The first-order valence-corrected chi connectivity index (χ1v) is 12.4. The van der Waals surface area contributed by atoms with Crippen molar-refractivity contribution >= 4 is 40.8 Å². The molecule has 2 amide bonds. The van der Waals surface area contributed by atoms with Crippen LogP contribution >= 0.6 is 11.6 Å². The zero-order chi connectivity index (χ0) is 25.2. The van der Waals surface area contributed by atoms with Gasteiger partial charge in [-0.3, -0.25) is 0 Å². The molecule has 0 radical (unpaired) electrons. The smallest absolute Gasteiger partial charge is 0.322 e. The molecule has 0 atom stereocenters. The Morgan fingerprint density at radius 3 is 2.47 bits per heavy atom. The standard InChI is InChI=1S/C26H29ClFN7O/c1-32(2)24-20-17-35(26(36)29-19-7-5-6-18(27)16-19)11-10-22(20)30-25(31-24)34-14-12-33(13-15-34)23-9-4-3-8-21(23)28/h3-9,16H,10-15,17H2,1-2H3,(H,29,36). The van der Waals surface area contributed by atoms with Crippen molar-refractivity contribution in [3.05, 3.63) is 70.6 Å². The Bertz CT molecular complexity index is 1260. The Morgan fingerprint density at radius 2 is 1.75 bits per heavy atom. The molecule has 1 N–H and O–H groups in total. The number of urea groups is 1. The number of hydrogen-bond acceptors (Lipinski definition) is 6. The number of nitrogens with zero attached hydrogens (tertiary/aromatic N) is 6. The van der Waals surface area contributed by atoms with Gasteiger partial charge in [0.15, 0.2) is 0 Å². The van der Waals surface area contributed by atoms with Crippen LogP contribution in [0.2, 0.25) is 5.02 Å². The van der Waals surface area contributed by atoms with Crippen molar-refractivity contribution in [2.45, 2.75) is 13.0 Å². The molecule has 0 spiro atoms. The van der Waals surface area contributed by atoms with E-state index in [9.17, 15) is 9.18 Å². The molecule has 3 heterocycles. The number of fused-ring (bicyclic) bond motifs is 1. The van der Waals surface area contributed by atoms with E-state index in [0.29, 0.717) is 68.0 Å². The van der Waals surface area contributed by atoms with Gasteiger partial charge in [0.1, 0.15) is 11.6 Å². The predicted molar refractivity (Wildman–Crippen MR) is 142 cm³/mol. The maximum atomic E-state index is 14.2. The number of para-hydroxylation sites is 1. The molecule has 1 fully saturated rings. The van der Waals surface area contributed by atoms with E-state index < -0.39 is 0 Å². The molecule has 2 aliphatic rings. The van der Waals surface area contributed by atoms with Crippen molar-refractivity contribution in [1.82, 2.24) is 14.9 Å². The first-order chi connectivity index (χ1) is 17.4. The number of hydrogen-bond donors (Lipinski definition) is 1. The summed E-state index contributed by atoms with van der Waals surface area (Å²) in [7, 11) is 3.90. The number of rotatable bonds is 4. The predicted octanol–water partition coefficient (Wildman–Crippen LogP) is 4.25. The van der Waals surface area contributed by atoms with E-state index in [2.05, 4.69) is 15.1 Å². The molecule has 0 unspecified atom stereocenters. The average molecular weight is 510 g/mol.